The van der Waals surface area contributed by atoms with Gasteiger partial charge in [0.2, 0.25) is 0 Å². The summed E-state index contributed by atoms with van der Waals surface area (Å²) in [6.07, 6.45) is 2.77. The normalized spacial score (nSPS) is 20.4. The Morgan fingerprint density at radius 1 is 1.25 bits per heavy atom. The van der Waals surface area contributed by atoms with Crippen LogP contribution in [0.4, 0.5) is 0 Å². The van der Waals surface area contributed by atoms with Crippen LogP contribution in [0.5, 0.6) is 0 Å². The van der Waals surface area contributed by atoms with Gasteiger partial charge in [0.1, 0.15) is 11.8 Å². The fraction of sp³-hybridized carbons (Fsp3) is 0.333. The molecule has 28 heavy (non-hydrogen) atoms. The Balaban J connectivity index is 1.80. The molecule has 2 atom stereocenters. The molecular weight excluding hydrogens is 354 g/mol. The summed E-state index contributed by atoms with van der Waals surface area (Å²) in [7, 11) is 0. The van der Waals surface area contributed by atoms with Crippen molar-refractivity contribution >= 4 is 5.91 Å². The van der Waals surface area contributed by atoms with Crippen molar-refractivity contribution in [2.45, 2.75) is 18.4 Å². The highest BCUT2D eigenvalue weighted by atomic mass is 16.5. The first-order valence-electron chi connectivity index (χ1n) is 9.09. The van der Waals surface area contributed by atoms with Crippen LogP contribution >= 0.6 is 0 Å². The Kier molecular flexibility index (Phi) is 6.00. The third kappa shape index (κ3) is 4.01. The molecule has 0 spiro atoms. The molecule has 142 valence electrons. The zero-order valence-corrected chi connectivity index (χ0v) is 15.4. The SMILES string of the molecule is N#Cc1ccc(-c2ccc(CC(C#N)C3(C(N)=O)CNCCCO3)cc2)cn1. The molecule has 1 amide bonds. The number of nitrogens with one attached hydrogen (secondary N) is 1. The Labute approximate surface area is 163 Å². The molecule has 3 rings (SSSR count). The van der Waals surface area contributed by atoms with E-state index in [1.54, 1.807) is 12.3 Å². The van der Waals surface area contributed by atoms with E-state index in [9.17, 15) is 10.1 Å². The maximum absolute atomic E-state index is 12.2. The topological polar surface area (TPSA) is 125 Å². The summed E-state index contributed by atoms with van der Waals surface area (Å²) in [5.74, 6) is -1.31. The molecule has 2 aromatic rings. The minimum absolute atomic E-state index is 0.232. The number of primary amides is 1. The van der Waals surface area contributed by atoms with Gasteiger partial charge in [-0.25, -0.2) is 4.98 Å². The van der Waals surface area contributed by atoms with Crippen LogP contribution in [-0.4, -0.2) is 36.2 Å². The summed E-state index contributed by atoms with van der Waals surface area (Å²) in [4.78, 5) is 16.3. The number of rotatable bonds is 5. The Bertz CT molecular complexity index is 902. The van der Waals surface area contributed by atoms with Gasteiger partial charge >= 0.3 is 0 Å². The third-order valence-electron chi connectivity index (χ3n) is 4.99. The molecule has 0 saturated carbocycles. The Morgan fingerprint density at radius 2 is 2.00 bits per heavy atom. The predicted molar refractivity (Wildman–Crippen MR) is 103 cm³/mol. The van der Waals surface area contributed by atoms with Gasteiger partial charge in [-0.15, -0.1) is 0 Å². The monoisotopic (exact) mass is 375 g/mol. The zero-order valence-electron chi connectivity index (χ0n) is 15.4. The minimum Gasteiger partial charge on any atom is -0.367 e. The fourth-order valence-electron chi connectivity index (χ4n) is 3.34. The molecule has 0 bridgehead atoms. The number of carbonyl (C=O) groups excluding carboxylic acids is 1. The number of aromatic nitrogens is 1. The highest BCUT2D eigenvalue weighted by molar-refractivity contribution is 5.85. The summed E-state index contributed by atoms with van der Waals surface area (Å²) in [5, 5.41) is 21.7. The van der Waals surface area contributed by atoms with Crippen molar-refractivity contribution in [2.24, 2.45) is 11.7 Å². The molecule has 7 heteroatoms. The number of carbonyl (C=O) groups is 1. The Morgan fingerprint density at radius 3 is 2.61 bits per heavy atom. The second kappa shape index (κ2) is 8.62. The number of hydrogen-bond acceptors (Lipinski definition) is 6. The molecule has 0 radical (unpaired) electrons. The largest absolute Gasteiger partial charge is 0.367 e. The van der Waals surface area contributed by atoms with Crippen LogP contribution in [0.2, 0.25) is 0 Å². The van der Waals surface area contributed by atoms with E-state index < -0.39 is 17.4 Å². The zero-order chi connectivity index (χ0) is 20.0. The molecule has 7 nitrogen and oxygen atoms in total. The number of nitriles is 2. The van der Waals surface area contributed by atoms with Crippen molar-refractivity contribution in [1.29, 1.82) is 10.5 Å². The quantitative estimate of drug-likeness (QED) is 0.816. The molecule has 2 unspecified atom stereocenters. The molecule has 0 aliphatic carbocycles. The maximum atomic E-state index is 12.2. The van der Waals surface area contributed by atoms with Crippen molar-refractivity contribution in [3.8, 4) is 23.3 Å². The molecule has 2 heterocycles. The predicted octanol–water partition coefficient (Wildman–Crippen LogP) is 1.54. The van der Waals surface area contributed by atoms with Gasteiger partial charge in [0.15, 0.2) is 5.60 Å². The summed E-state index contributed by atoms with van der Waals surface area (Å²) in [5.41, 5.74) is 7.43. The van der Waals surface area contributed by atoms with E-state index in [2.05, 4.69) is 16.4 Å². The van der Waals surface area contributed by atoms with Crippen LogP contribution < -0.4 is 11.1 Å². The van der Waals surface area contributed by atoms with Crippen molar-refractivity contribution in [1.82, 2.24) is 10.3 Å². The smallest absolute Gasteiger partial charge is 0.252 e. The van der Waals surface area contributed by atoms with Crippen LogP contribution in [-0.2, 0) is 16.0 Å². The minimum atomic E-state index is -1.33. The highest BCUT2D eigenvalue weighted by Gasteiger charge is 2.46. The van der Waals surface area contributed by atoms with Gasteiger partial charge in [0.05, 0.1) is 12.0 Å². The van der Waals surface area contributed by atoms with Crippen molar-refractivity contribution in [3.05, 3.63) is 53.9 Å². The molecule has 1 aliphatic heterocycles. The maximum Gasteiger partial charge on any atom is 0.252 e. The van der Waals surface area contributed by atoms with Gasteiger partial charge < -0.3 is 15.8 Å². The van der Waals surface area contributed by atoms with Crippen LogP contribution in [0.15, 0.2) is 42.6 Å². The number of amides is 1. The highest BCUT2D eigenvalue weighted by Crippen LogP contribution is 2.28. The third-order valence-corrected chi connectivity index (χ3v) is 4.99. The van der Waals surface area contributed by atoms with Gasteiger partial charge in [-0.05, 0) is 42.6 Å². The second-order valence-electron chi connectivity index (χ2n) is 6.76. The number of ether oxygens (including phenoxy) is 1. The molecule has 1 saturated heterocycles. The lowest BCUT2D eigenvalue weighted by atomic mass is 9.82. The molecule has 3 N–H and O–H groups in total. The summed E-state index contributed by atoms with van der Waals surface area (Å²) >= 11 is 0. The average molecular weight is 375 g/mol. The van der Waals surface area contributed by atoms with Gasteiger partial charge in [-0.1, -0.05) is 24.3 Å². The van der Waals surface area contributed by atoms with E-state index >= 15 is 0 Å². The number of benzene rings is 1. The molecular formula is C21H21N5O2. The first kappa shape index (κ1) is 19.5. The fourth-order valence-corrected chi connectivity index (χ4v) is 3.34. The van der Waals surface area contributed by atoms with E-state index in [0.29, 0.717) is 18.7 Å². The molecule has 1 aromatic carbocycles. The van der Waals surface area contributed by atoms with Crippen molar-refractivity contribution in [2.75, 3.05) is 19.7 Å². The molecule has 1 aliphatic rings. The second-order valence-corrected chi connectivity index (χ2v) is 6.76. The number of hydrogen-bond donors (Lipinski definition) is 2. The number of nitrogens with two attached hydrogens (primary N) is 1. The lowest BCUT2D eigenvalue weighted by Gasteiger charge is -2.33. The van der Waals surface area contributed by atoms with Crippen LogP contribution in [0.3, 0.4) is 0 Å². The average Bonchev–Trinajstić information content (AvgIpc) is 3.00. The molecule has 1 aromatic heterocycles. The summed E-state index contributed by atoms with van der Waals surface area (Å²) in [6.45, 7) is 1.34. The van der Waals surface area contributed by atoms with E-state index in [4.69, 9.17) is 15.7 Å². The van der Waals surface area contributed by atoms with Gasteiger partial charge in [-0.2, -0.15) is 10.5 Å². The van der Waals surface area contributed by atoms with Crippen LogP contribution in [0, 0.1) is 28.6 Å². The lowest BCUT2D eigenvalue weighted by molar-refractivity contribution is -0.147. The van der Waals surface area contributed by atoms with Gasteiger partial charge in [-0.3, -0.25) is 4.79 Å². The van der Waals surface area contributed by atoms with E-state index in [1.807, 2.05) is 36.4 Å². The summed E-state index contributed by atoms with van der Waals surface area (Å²) < 4.78 is 5.80. The van der Waals surface area contributed by atoms with Gasteiger partial charge in [0, 0.05) is 24.9 Å². The van der Waals surface area contributed by atoms with E-state index in [1.165, 1.54) is 0 Å². The lowest BCUT2D eigenvalue weighted by Crippen LogP contribution is -2.57. The number of pyridine rings is 1. The number of nitrogens with zero attached hydrogens (tertiary/aromatic N) is 3. The van der Waals surface area contributed by atoms with Crippen molar-refractivity contribution < 1.29 is 9.53 Å². The van der Waals surface area contributed by atoms with Crippen LogP contribution in [0.1, 0.15) is 17.7 Å². The van der Waals surface area contributed by atoms with Gasteiger partial charge in [0.25, 0.3) is 5.91 Å². The van der Waals surface area contributed by atoms with Crippen LogP contribution in [0.25, 0.3) is 11.1 Å². The first-order valence-corrected chi connectivity index (χ1v) is 9.09. The van der Waals surface area contributed by atoms with E-state index in [-0.39, 0.29) is 6.54 Å². The van der Waals surface area contributed by atoms with E-state index in [0.717, 1.165) is 29.7 Å². The first-order chi connectivity index (χ1) is 13.6. The Hall–Kier alpha value is -3.26. The standard InChI is InChI=1S/C21H21N5O2/c22-11-18(21(20(24)27)14-25-8-1-9-28-21)10-15-2-4-16(5-3-15)17-6-7-19(12-23)26-13-17/h2-7,13,18,25H,1,8-10,14H2,(H2,24,27). The molecule has 1 fully saturated rings. The van der Waals surface area contributed by atoms with Crippen molar-refractivity contribution in [3.63, 3.8) is 0 Å². The summed E-state index contributed by atoms with van der Waals surface area (Å²) in [6, 6.07) is 15.4.